The summed E-state index contributed by atoms with van der Waals surface area (Å²) in [5, 5.41) is 0.297. The molecule has 104 valence electrons. The van der Waals surface area contributed by atoms with Gasteiger partial charge in [0, 0.05) is 5.02 Å². The number of hydrogen-bond acceptors (Lipinski definition) is 3. The third-order valence-electron chi connectivity index (χ3n) is 2.95. The standard InChI is InChI=1S/C16H10ClNO2S/c17-12-6-4-5-11(9-12)10-14-15(19)18(16(20)21-14)13-7-2-1-3-8-13/h1-10H. The van der Waals surface area contributed by atoms with E-state index in [2.05, 4.69) is 0 Å². The Morgan fingerprint density at radius 2 is 1.76 bits per heavy atom. The number of hydrogen-bond donors (Lipinski definition) is 0. The number of anilines is 1. The highest BCUT2D eigenvalue weighted by Gasteiger charge is 2.36. The minimum Gasteiger partial charge on any atom is -0.268 e. The normalized spacial score (nSPS) is 16.8. The first-order valence-corrected chi connectivity index (χ1v) is 7.43. The van der Waals surface area contributed by atoms with Gasteiger partial charge in [-0.05, 0) is 47.7 Å². The fourth-order valence-electron chi connectivity index (χ4n) is 2.02. The van der Waals surface area contributed by atoms with Gasteiger partial charge in [0.25, 0.3) is 11.1 Å². The van der Waals surface area contributed by atoms with Gasteiger partial charge in [-0.2, -0.15) is 0 Å². The van der Waals surface area contributed by atoms with Crippen LogP contribution in [0.2, 0.25) is 5.02 Å². The molecule has 21 heavy (non-hydrogen) atoms. The molecule has 2 aromatic rings. The summed E-state index contributed by atoms with van der Waals surface area (Å²) >= 11 is 6.85. The molecule has 1 fully saturated rings. The molecule has 5 heteroatoms. The van der Waals surface area contributed by atoms with Gasteiger partial charge in [-0.1, -0.05) is 41.9 Å². The Labute approximate surface area is 131 Å². The van der Waals surface area contributed by atoms with E-state index in [1.807, 2.05) is 12.1 Å². The van der Waals surface area contributed by atoms with Crippen molar-refractivity contribution in [2.75, 3.05) is 4.90 Å². The minimum atomic E-state index is -0.309. The summed E-state index contributed by atoms with van der Waals surface area (Å²) in [6.45, 7) is 0. The van der Waals surface area contributed by atoms with Gasteiger partial charge in [-0.25, -0.2) is 4.90 Å². The topological polar surface area (TPSA) is 37.4 Å². The molecule has 0 N–H and O–H groups in total. The van der Waals surface area contributed by atoms with E-state index in [-0.39, 0.29) is 11.1 Å². The van der Waals surface area contributed by atoms with E-state index < -0.39 is 0 Å². The monoisotopic (exact) mass is 315 g/mol. The van der Waals surface area contributed by atoms with Crippen molar-refractivity contribution in [3.8, 4) is 0 Å². The fraction of sp³-hybridized carbons (Fsp3) is 0. The van der Waals surface area contributed by atoms with E-state index in [9.17, 15) is 9.59 Å². The lowest BCUT2D eigenvalue weighted by molar-refractivity contribution is -0.113. The van der Waals surface area contributed by atoms with Crippen LogP contribution in [0, 0.1) is 0 Å². The van der Waals surface area contributed by atoms with Crippen molar-refractivity contribution < 1.29 is 9.59 Å². The third kappa shape index (κ3) is 2.86. The number of carbonyl (C=O) groups is 2. The van der Waals surface area contributed by atoms with Crippen LogP contribution in [0.25, 0.3) is 6.08 Å². The maximum Gasteiger partial charge on any atom is 0.298 e. The Morgan fingerprint density at radius 1 is 1.00 bits per heavy atom. The summed E-state index contributed by atoms with van der Waals surface area (Å²) in [5.41, 5.74) is 1.37. The van der Waals surface area contributed by atoms with Crippen molar-refractivity contribution in [1.82, 2.24) is 0 Å². The van der Waals surface area contributed by atoms with Crippen molar-refractivity contribution in [3.05, 3.63) is 70.1 Å². The summed E-state index contributed by atoms with van der Waals surface area (Å²) < 4.78 is 0. The molecule has 1 aliphatic heterocycles. The third-order valence-corrected chi connectivity index (χ3v) is 4.06. The quantitative estimate of drug-likeness (QED) is 0.761. The van der Waals surface area contributed by atoms with Gasteiger partial charge in [0.05, 0.1) is 10.6 Å². The molecule has 0 radical (unpaired) electrons. The Balaban J connectivity index is 1.94. The lowest BCUT2D eigenvalue weighted by atomic mass is 10.2. The van der Waals surface area contributed by atoms with Crippen molar-refractivity contribution in [1.29, 1.82) is 0 Å². The first kappa shape index (κ1) is 13.9. The number of thioether (sulfide) groups is 1. The van der Waals surface area contributed by atoms with Crippen molar-refractivity contribution in [3.63, 3.8) is 0 Å². The fourth-order valence-corrected chi connectivity index (χ4v) is 3.06. The van der Waals surface area contributed by atoms with Crippen molar-refractivity contribution >= 4 is 46.3 Å². The van der Waals surface area contributed by atoms with Gasteiger partial charge in [-0.3, -0.25) is 9.59 Å². The van der Waals surface area contributed by atoms with E-state index in [0.717, 1.165) is 17.3 Å². The number of imide groups is 1. The van der Waals surface area contributed by atoms with Gasteiger partial charge >= 0.3 is 0 Å². The molecule has 0 spiro atoms. The number of nitrogens with zero attached hydrogens (tertiary/aromatic N) is 1. The molecule has 1 saturated heterocycles. The molecule has 0 aliphatic carbocycles. The minimum absolute atomic E-state index is 0.292. The van der Waals surface area contributed by atoms with Gasteiger partial charge in [0.1, 0.15) is 0 Å². The van der Waals surface area contributed by atoms with Gasteiger partial charge in [0.2, 0.25) is 0 Å². The number of rotatable bonds is 2. The summed E-state index contributed by atoms with van der Waals surface area (Å²) in [5.74, 6) is -0.309. The highest BCUT2D eigenvalue weighted by molar-refractivity contribution is 8.19. The van der Waals surface area contributed by atoms with Crippen LogP contribution in [0.4, 0.5) is 10.5 Å². The molecule has 0 atom stereocenters. The SMILES string of the molecule is O=C1SC(=Cc2cccc(Cl)c2)C(=O)N1c1ccccc1. The number of carbonyl (C=O) groups excluding carboxylic acids is 2. The predicted octanol–water partition coefficient (Wildman–Crippen LogP) is 4.58. The number of para-hydroxylation sites is 1. The van der Waals surface area contributed by atoms with Crippen LogP contribution in [-0.2, 0) is 4.79 Å². The first-order chi connectivity index (χ1) is 10.1. The molecule has 0 bridgehead atoms. The van der Waals surface area contributed by atoms with Crippen molar-refractivity contribution in [2.24, 2.45) is 0 Å². The zero-order valence-corrected chi connectivity index (χ0v) is 12.4. The Kier molecular flexibility index (Phi) is 3.82. The molecular formula is C16H10ClNO2S. The molecule has 2 amide bonds. The van der Waals surface area contributed by atoms with E-state index in [4.69, 9.17) is 11.6 Å². The molecule has 0 saturated carbocycles. The van der Waals surface area contributed by atoms with Crippen molar-refractivity contribution in [2.45, 2.75) is 0 Å². The van der Waals surface area contributed by atoms with Crippen LogP contribution in [0.3, 0.4) is 0 Å². The molecular weight excluding hydrogens is 306 g/mol. The summed E-state index contributed by atoms with van der Waals surface area (Å²) in [7, 11) is 0. The Morgan fingerprint density at radius 3 is 2.48 bits per heavy atom. The van der Waals surface area contributed by atoms with E-state index in [0.29, 0.717) is 15.6 Å². The van der Waals surface area contributed by atoms with E-state index in [1.54, 1.807) is 48.5 Å². The molecule has 1 aliphatic rings. The van der Waals surface area contributed by atoms with E-state index >= 15 is 0 Å². The first-order valence-electron chi connectivity index (χ1n) is 6.24. The maximum atomic E-state index is 12.4. The highest BCUT2D eigenvalue weighted by Crippen LogP contribution is 2.35. The molecule has 0 unspecified atom stereocenters. The molecule has 1 heterocycles. The van der Waals surface area contributed by atoms with Crippen LogP contribution >= 0.6 is 23.4 Å². The number of halogens is 1. The second-order valence-electron chi connectivity index (χ2n) is 4.41. The second-order valence-corrected chi connectivity index (χ2v) is 5.84. The van der Waals surface area contributed by atoms with Crippen LogP contribution in [-0.4, -0.2) is 11.1 Å². The highest BCUT2D eigenvalue weighted by atomic mass is 35.5. The van der Waals surface area contributed by atoms with E-state index in [1.165, 1.54) is 4.90 Å². The molecule has 3 nitrogen and oxygen atoms in total. The van der Waals surface area contributed by atoms with Gasteiger partial charge in [-0.15, -0.1) is 0 Å². The zero-order chi connectivity index (χ0) is 14.8. The summed E-state index contributed by atoms with van der Waals surface area (Å²) in [4.78, 5) is 26.0. The smallest absolute Gasteiger partial charge is 0.268 e. The van der Waals surface area contributed by atoms with Crippen LogP contribution < -0.4 is 4.90 Å². The average molecular weight is 316 g/mol. The Bertz CT molecular complexity index is 743. The van der Waals surface area contributed by atoms with Crippen LogP contribution in [0.5, 0.6) is 0 Å². The summed E-state index contributed by atoms with van der Waals surface area (Å²) in [6.07, 6.45) is 1.68. The summed E-state index contributed by atoms with van der Waals surface area (Å²) in [6, 6.07) is 16.0. The van der Waals surface area contributed by atoms with Gasteiger partial charge < -0.3 is 0 Å². The lowest BCUT2D eigenvalue weighted by Crippen LogP contribution is -2.27. The average Bonchev–Trinajstić information content (AvgIpc) is 2.74. The molecule has 2 aromatic carbocycles. The molecule has 3 rings (SSSR count). The van der Waals surface area contributed by atoms with Crippen LogP contribution in [0.1, 0.15) is 5.56 Å². The largest absolute Gasteiger partial charge is 0.298 e. The lowest BCUT2D eigenvalue weighted by Gasteiger charge is -2.11. The van der Waals surface area contributed by atoms with Crippen LogP contribution in [0.15, 0.2) is 59.5 Å². The van der Waals surface area contributed by atoms with Gasteiger partial charge in [0.15, 0.2) is 0 Å². The second kappa shape index (κ2) is 5.76. The number of amides is 2. The number of benzene rings is 2. The predicted molar refractivity (Wildman–Crippen MR) is 86.3 cm³/mol. The molecule has 0 aromatic heterocycles. The maximum absolute atomic E-state index is 12.4. The Hall–Kier alpha value is -2.04. The zero-order valence-electron chi connectivity index (χ0n) is 10.8.